The van der Waals surface area contributed by atoms with Gasteiger partial charge in [0.1, 0.15) is 24.5 Å². The Hall–Kier alpha value is -2.40. The van der Waals surface area contributed by atoms with Crippen LogP contribution in [-0.2, 0) is 4.79 Å². The molecule has 0 aromatic heterocycles. The Kier molecular flexibility index (Phi) is 17.4. The first kappa shape index (κ1) is 33.6. The summed E-state index contributed by atoms with van der Waals surface area (Å²) in [6, 6.07) is 14.2. The van der Waals surface area contributed by atoms with Gasteiger partial charge in [0.05, 0.1) is 13.2 Å². The molecule has 1 aliphatic heterocycles. The van der Waals surface area contributed by atoms with Crippen molar-refractivity contribution in [3.8, 4) is 11.5 Å². The van der Waals surface area contributed by atoms with E-state index in [1.165, 1.54) is 61.3 Å². The zero-order valence-corrected chi connectivity index (χ0v) is 25.5. The summed E-state index contributed by atoms with van der Waals surface area (Å²) in [6.45, 7) is 15.3. The molecule has 1 heterocycles. The highest BCUT2D eigenvalue weighted by Crippen LogP contribution is 2.29. The molecule has 208 valence electrons. The summed E-state index contributed by atoms with van der Waals surface area (Å²) in [4.78, 5) is 10.2. The third-order valence-corrected chi connectivity index (χ3v) is 7.26. The zero-order valence-electron chi connectivity index (χ0n) is 24.6. The van der Waals surface area contributed by atoms with Crippen LogP contribution in [0.4, 0.5) is 0 Å². The first-order chi connectivity index (χ1) is 18.3. The van der Waals surface area contributed by atoms with Crippen LogP contribution in [0, 0.1) is 13.8 Å². The molecule has 0 saturated carbocycles. The maximum absolute atomic E-state index is 9.40. The summed E-state index contributed by atoms with van der Waals surface area (Å²) in [7, 11) is 1.69. The maximum Gasteiger partial charge on any atom is 0.140 e. The van der Waals surface area contributed by atoms with E-state index in [1.54, 1.807) is 7.11 Å². The molecule has 1 fully saturated rings. The number of unbranched alkanes of at least 4 members (excludes halogenated alkanes) is 2. The molecule has 3 nitrogen and oxygen atoms in total. The van der Waals surface area contributed by atoms with Crippen molar-refractivity contribution >= 4 is 31.2 Å². The lowest BCUT2D eigenvalue weighted by Crippen LogP contribution is -2.28. The van der Waals surface area contributed by atoms with E-state index < -0.39 is 0 Å². The van der Waals surface area contributed by atoms with Gasteiger partial charge in [0.15, 0.2) is 0 Å². The second kappa shape index (κ2) is 19.6. The molecular formula is C33H49BO3S. The Morgan fingerprint density at radius 1 is 1.05 bits per heavy atom. The smallest absolute Gasteiger partial charge is 0.140 e. The minimum Gasteiger partial charge on any atom is -0.497 e. The van der Waals surface area contributed by atoms with Gasteiger partial charge in [0.2, 0.25) is 0 Å². The number of rotatable bonds is 10. The summed E-state index contributed by atoms with van der Waals surface area (Å²) in [5.74, 6) is 1.86. The topological polar surface area (TPSA) is 35.5 Å². The van der Waals surface area contributed by atoms with Gasteiger partial charge in [-0.25, -0.2) is 0 Å². The summed E-state index contributed by atoms with van der Waals surface area (Å²) in [5.41, 5.74) is 4.95. The van der Waals surface area contributed by atoms with E-state index in [1.807, 2.05) is 38.1 Å². The Bertz CT molecular complexity index is 976. The lowest BCUT2D eigenvalue weighted by atomic mass is 9.39. The molecule has 2 aromatic carbocycles. The van der Waals surface area contributed by atoms with Crippen LogP contribution >= 0.6 is 12.6 Å². The number of carbonyl (C=O) groups excluding carboxylic acids is 1. The Balaban J connectivity index is 0.000000334. The fourth-order valence-electron chi connectivity index (χ4n) is 4.52. The van der Waals surface area contributed by atoms with Gasteiger partial charge >= 0.3 is 0 Å². The van der Waals surface area contributed by atoms with Crippen LogP contribution in [0.3, 0.4) is 0 Å². The van der Waals surface area contributed by atoms with Crippen molar-refractivity contribution in [3.63, 3.8) is 0 Å². The summed E-state index contributed by atoms with van der Waals surface area (Å²) in [5, 5.41) is 0. The molecule has 0 amide bonds. The average molecular weight is 537 g/mol. The Morgan fingerprint density at radius 2 is 1.68 bits per heavy atom. The van der Waals surface area contributed by atoms with Gasteiger partial charge in [0, 0.05) is 11.3 Å². The molecular weight excluding hydrogens is 487 g/mol. The molecule has 3 rings (SSSR count). The number of methoxy groups -OCH3 is 1. The van der Waals surface area contributed by atoms with Gasteiger partial charge in [-0.2, -0.15) is 0 Å². The van der Waals surface area contributed by atoms with Gasteiger partial charge in [0.25, 0.3) is 0 Å². The van der Waals surface area contributed by atoms with Crippen LogP contribution in [0.2, 0.25) is 19.0 Å². The van der Waals surface area contributed by atoms with Crippen LogP contribution in [0.25, 0.3) is 5.57 Å². The monoisotopic (exact) mass is 536 g/mol. The molecule has 1 saturated heterocycles. The molecule has 2 aromatic rings. The van der Waals surface area contributed by atoms with Gasteiger partial charge in [-0.3, -0.25) is 0 Å². The number of carbonyl (C=O) groups is 1. The quantitative estimate of drug-likeness (QED) is 0.142. The number of benzene rings is 2. The largest absolute Gasteiger partial charge is 0.497 e. The predicted molar refractivity (Wildman–Crippen MR) is 170 cm³/mol. The average Bonchev–Trinajstić information content (AvgIpc) is 2.92. The van der Waals surface area contributed by atoms with Crippen molar-refractivity contribution in [2.75, 3.05) is 7.11 Å². The maximum atomic E-state index is 9.40. The highest BCUT2D eigenvalue weighted by atomic mass is 32.1. The number of allylic oxidation sites excluding steroid dienone is 2. The Morgan fingerprint density at radius 3 is 2.16 bits per heavy atom. The van der Waals surface area contributed by atoms with Crippen LogP contribution in [-0.4, -0.2) is 26.2 Å². The van der Waals surface area contributed by atoms with Crippen LogP contribution in [0.1, 0.15) is 76.0 Å². The number of ether oxygens (including phenoxy) is 2. The van der Waals surface area contributed by atoms with E-state index in [9.17, 15) is 4.79 Å². The highest BCUT2D eigenvalue weighted by Gasteiger charge is 2.24. The minimum atomic E-state index is 0.409. The molecule has 0 radical (unpaired) electrons. The molecule has 0 N–H and O–H groups in total. The predicted octanol–water partition coefficient (Wildman–Crippen LogP) is 9.67. The lowest BCUT2D eigenvalue weighted by molar-refractivity contribution is -0.107. The number of hydrogen-bond donors (Lipinski definition) is 1. The number of hydrogen-bond acceptors (Lipinski definition) is 4. The third kappa shape index (κ3) is 12.4. The van der Waals surface area contributed by atoms with Crippen molar-refractivity contribution in [2.24, 2.45) is 0 Å². The highest BCUT2D eigenvalue weighted by molar-refractivity contribution is 7.85. The summed E-state index contributed by atoms with van der Waals surface area (Å²) < 4.78 is 11.2. The molecule has 5 heteroatoms. The second-order valence-electron chi connectivity index (χ2n) is 9.93. The SMILES string of the molecule is C=C(S)/C(=C/C)c1cccc(C)c1C.CCCC=O.CCCCB1CCC(Oc2ccc(OC)cc2)CC1. The summed E-state index contributed by atoms with van der Waals surface area (Å²) >= 11 is 4.30. The Labute approximate surface area is 238 Å². The van der Waals surface area contributed by atoms with E-state index >= 15 is 0 Å². The second-order valence-corrected chi connectivity index (χ2v) is 10.5. The fraction of sp³-hybridized carbons (Fsp3) is 0.485. The fourth-order valence-corrected chi connectivity index (χ4v) is 4.77. The standard InChI is InChI=1S/C16H25BO2.C13H16S.C4H8O/c1-3-4-11-17-12-9-16(10-13-17)19-15-7-5-14(18-2)6-8-15;1-5-12(11(4)14)13-8-6-7-9(2)10(13)3;1-2-3-4-5/h5-8,16H,3-4,9-13H2,1-2H3;5-8,14H,4H2,1-3H3;4H,2-3H2,1H3/b;12-5-;. The number of thiol groups is 1. The normalized spacial score (nSPS) is 13.4. The lowest BCUT2D eigenvalue weighted by Gasteiger charge is -2.27. The number of aryl methyl sites for hydroxylation is 1. The van der Waals surface area contributed by atoms with Gasteiger partial charge in [-0.05, 0) is 86.6 Å². The number of aldehydes is 1. The van der Waals surface area contributed by atoms with E-state index in [-0.39, 0.29) is 0 Å². The molecule has 0 spiro atoms. The van der Waals surface area contributed by atoms with E-state index in [0.717, 1.165) is 41.4 Å². The van der Waals surface area contributed by atoms with Crippen LogP contribution < -0.4 is 9.47 Å². The van der Waals surface area contributed by atoms with Crippen molar-refractivity contribution in [1.82, 2.24) is 0 Å². The van der Waals surface area contributed by atoms with E-state index in [0.29, 0.717) is 12.5 Å². The van der Waals surface area contributed by atoms with E-state index in [4.69, 9.17) is 9.47 Å². The van der Waals surface area contributed by atoms with Crippen molar-refractivity contribution in [1.29, 1.82) is 0 Å². The molecule has 1 aliphatic rings. The zero-order chi connectivity index (χ0) is 28.3. The summed E-state index contributed by atoms with van der Waals surface area (Å²) in [6.07, 6.45) is 14.3. The van der Waals surface area contributed by atoms with Crippen molar-refractivity contribution < 1.29 is 14.3 Å². The van der Waals surface area contributed by atoms with Crippen molar-refractivity contribution in [2.45, 2.75) is 98.2 Å². The molecule has 38 heavy (non-hydrogen) atoms. The molecule has 0 aliphatic carbocycles. The molecule has 0 unspecified atom stereocenters. The molecule has 0 bridgehead atoms. The van der Waals surface area contributed by atoms with Gasteiger partial charge < -0.3 is 14.3 Å². The first-order valence-corrected chi connectivity index (χ1v) is 14.6. The third-order valence-electron chi connectivity index (χ3n) is 7.02. The van der Waals surface area contributed by atoms with Gasteiger partial charge in [-0.1, -0.05) is 76.5 Å². The van der Waals surface area contributed by atoms with Crippen LogP contribution in [0.5, 0.6) is 11.5 Å². The molecule has 0 atom stereocenters. The van der Waals surface area contributed by atoms with Crippen LogP contribution in [0.15, 0.2) is 60.0 Å². The van der Waals surface area contributed by atoms with Crippen molar-refractivity contribution in [3.05, 3.63) is 76.7 Å². The minimum absolute atomic E-state index is 0.409. The van der Waals surface area contributed by atoms with Gasteiger partial charge in [-0.15, -0.1) is 12.6 Å². The van der Waals surface area contributed by atoms with E-state index in [2.05, 4.69) is 64.3 Å². The first-order valence-electron chi connectivity index (χ1n) is 14.2.